The number of ether oxygens (including phenoxy) is 1. The van der Waals surface area contributed by atoms with Crippen LogP contribution >= 0.6 is 0 Å². The fourth-order valence-electron chi connectivity index (χ4n) is 1.43. The molecule has 1 atom stereocenters. The average Bonchev–Trinajstić information content (AvgIpc) is 2.59. The van der Waals surface area contributed by atoms with Crippen LogP contribution in [0.5, 0.6) is 0 Å². The van der Waals surface area contributed by atoms with E-state index in [2.05, 4.69) is 14.7 Å². The van der Waals surface area contributed by atoms with Gasteiger partial charge in [0.25, 0.3) is 0 Å². The Hall–Kier alpha value is -1.71. The van der Waals surface area contributed by atoms with Crippen LogP contribution in [-0.4, -0.2) is 31.7 Å². The highest BCUT2D eigenvalue weighted by Gasteiger charge is 2.22. The van der Waals surface area contributed by atoms with Crippen molar-refractivity contribution in [1.29, 1.82) is 0 Å². The lowest BCUT2D eigenvalue weighted by atomic mass is 10.0. The lowest BCUT2D eigenvalue weighted by Crippen LogP contribution is -2.14. The first-order valence-corrected chi connectivity index (χ1v) is 4.29. The van der Waals surface area contributed by atoms with E-state index in [1.807, 2.05) is 6.92 Å². The quantitative estimate of drug-likeness (QED) is 0.577. The molecule has 72 valence electrons. The molecule has 0 aromatic rings. The first kappa shape index (κ1) is 8.87. The molecule has 0 spiro atoms. The van der Waals surface area contributed by atoms with E-state index in [9.17, 15) is 4.79 Å². The minimum Gasteiger partial charge on any atom is -0.465 e. The van der Waals surface area contributed by atoms with Crippen LogP contribution in [0.15, 0.2) is 32.8 Å². The van der Waals surface area contributed by atoms with Crippen LogP contribution in [0.1, 0.15) is 6.92 Å². The number of esters is 1. The number of hydrogen-bond donors (Lipinski definition) is 0. The topological polar surface area (TPSA) is 51.0 Å². The molecule has 0 saturated carbocycles. The van der Waals surface area contributed by atoms with Crippen LogP contribution in [0, 0.1) is 0 Å². The monoisotopic (exact) mass is 190 g/mol. The van der Waals surface area contributed by atoms with Gasteiger partial charge < -0.3 is 4.74 Å². The molecule has 0 aliphatic carbocycles. The van der Waals surface area contributed by atoms with Gasteiger partial charge in [0.05, 0.1) is 12.7 Å². The fourth-order valence-corrected chi connectivity index (χ4v) is 1.43. The van der Waals surface area contributed by atoms with Gasteiger partial charge in [0, 0.05) is 18.0 Å². The van der Waals surface area contributed by atoms with E-state index >= 15 is 0 Å². The summed E-state index contributed by atoms with van der Waals surface area (Å²) in [7, 11) is 1.36. The van der Waals surface area contributed by atoms with Crippen LogP contribution in [0.25, 0.3) is 0 Å². The predicted molar refractivity (Wildman–Crippen MR) is 53.6 cm³/mol. The normalized spacial score (nSPS) is 23.6. The third-order valence-electron chi connectivity index (χ3n) is 2.23. The van der Waals surface area contributed by atoms with Gasteiger partial charge in [0.2, 0.25) is 0 Å². The number of rotatable bonds is 1. The summed E-state index contributed by atoms with van der Waals surface area (Å²) in [5.41, 5.74) is 2.50. The van der Waals surface area contributed by atoms with Gasteiger partial charge in [-0.25, -0.2) is 4.79 Å². The van der Waals surface area contributed by atoms with Crippen molar-refractivity contribution in [2.75, 3.05) is 7.11 Å². The molecular formula is C10H10N2O2. The van der Waals surface area contributed by atoms with Crippen molar-refractivity contribution in [3.8, 4) is 0 Å². The number of allylic oxidation sites excluding steroid dienone is 1. The Balaban J connectivity index is 2.34. The highest BCUT2D eigenvalue weighted by molar-refractivity contribution is 6.11. The molecule has 0 aromatic carbocycles. The van der Waals surface area contributed by atoms with Gasteiger partial charge >= 0.3 is 5.97 Å². The Morgan fingerprint density at radius 2 is 2.14 bits per heavy atom. The van der Waals surface area contributed by atoms with Crippen molar-refractivity contribution in [3.05, 3.63) is 22.8 Å². The smallest absolute Gasteiger partial charge is 0.339 e. The van der Waals surface area contributed by atoms with Gasteiger partial charge in [-0.2, -0.15) is 0 Å². The Labute approximate surface area is 81.7 Å². The molecule has 4 nitrogen and oxygen atoms in total. The Morgan fingerprint density at radius 3 is 2.86 bits per heavy atom. The molecule has 2 aliphatic rings. The summed E-state index contributed by atoms with van der Waals surface area (Å²) in [6.07, 6.45) is 4.92. The number of carbonyl (C=O) groups is 1. The molecule has 0 bridgehead atoms. The van der Waals surface area contributed by atoms with Crippen molar-refractivity contribution in [2.24, 2.45) is 9.98 Å². The number of dihydropyridines is 1. The Kier molecular flexibility index (Phi) is 2.04. The number of carbonyl (C=O) groups excluding carboxylic acids is 1. The maximum atomic E-state index is 11.2. The Bertz CT molecular complexity index is 402. The highest BCUT2D eigenvalue weighted by Crippen LogP contribution is 2.24. The molecular weight excluding hydrogens is 180 g/mol. The minimum atomic E-state index is -0.362. The standard InChI is InChI=1S/C10H10N2O2/c1-6-4-11-9-8(6)3-7(5-12-9)10(13)14-2/h3-5,9H,1-2H3/t9-/m1/s1. The average molecular weight is 190 g/mol. The van der Waals surface area contributed by atoms with Crippen LogP contribution in [0.4, 0.5) is 0 Å². The summed E-state index contributed by atoms with van der Waals surface area (Å²) in [6.45, 7) is 1.95. The molecule has 0 unspecified atom stereocenters. The lowest BCUT2D eigenvalue weighted by molar-refractivity contribution is -0.135. The number of methoxy groups -OCH3 is 1. The third-order valence-corrected chi connectivity index (χ3v) is 2.23. The van der Waals surface area contributed by atoms with E-state index in [1.165, 1.54) is 13.3 Å². The van der Waals surface area contributed by atoms with Crippen molar-refractivity contribution >= 4 is 18.4 Å². The SMILES string of the molecule is COC(=O)C1=CC2=C(C)C=N[C@@H]2N=C1. The number of hydrogen-bond acceptors (Lipinski definition) is 4. The van der Waals surface area contributed by atoms with Gasteiger partial charge in [0.1, 0.15) is 0 Å². The molecule has 0 radical (unpaired) electrons. The van der Waals surface area contributed by atoms with Crippen LogP contribution in [-0.2, 0) is 9.53 Å². The lowest BCUT2D eigenvalue weighted by Gasteiger charge is -2.11. The summed E-state index contributed by atoms with van der Waals surface area (Å²) in [5.74, 6) is -0.362. The van der Waals surface area contributed by atoms with Crippen LogP contribution in [0.3, 0.4) is 0 Å². The van der Waals surface area contributed by atoms with Gasteiger partial charge in [-0.3, -0.25) is 9.98 Å². The number of aliphatic imine (C=N–C) groups is 2. The molecule has 4 heteroatoms. The van der Waals surface area contributed by atoms with Gasteiger partial charge in [-0.1, -0.05) is 0 Å². The largest absolute Gasteiger partial charge is 0.465 e. The Morgan fingerprint density at radius 1 is 1.43 bits per heavy atom. The number of fused-ring (bicyclic) bond motifs is 1. The molecule has 0 amide bonds. The van der Waals surface area contributed by atoms with E-state index in [0.717, 1.165) is 11.1 Å². The van der Waals surface area contributed by atoms with E-state index in [0.29, 0.717) is 5.57 Å². The van der Waals surface area contributed by atoms with E-state index in [-0.39, 0.29) is 12.1 Å². The third kappa shape index (κ3) is 1.28. The van der Waals surface area contributed by atoms with Crippen molar-refractivity contribution in [3.63, 3.8) is 0 Å². The summed E-state index contributed by atoms with van der Waals surface area (Å²) >= 11 is 0. The maximum absolute atomic E-state index is 11.2. The highest BCUT2D eigenvalue weighted by atomic mass is 16.5. The van der Waals surface area contributed by atoms with Crippen LogP contribution < -0.4 is 0 Å². The fraction of sp³-hybridized carbons (Fsp3) is 0.300. The maximum Gasteiger partial charge on any atom is 0.339 e. The minimum absolute atomic E-state index is 0.150. The van der Waals surface area contributed by atoms with E-state index < -0.39 is 0 Å². The zero-order valence-electron chi connectivity index (χ0n) is 8.02. The predicted octanol–water partition coefficient (Wildman–Crippen LogP) is 0.897. The first-order chi connectivity index (χ1) is 6.72. The second-order valence-corrected chi connectivity index (χ2v) is 3.16. The zero-order chi connectivity index (χ0) is 10.1. The van der Waals surface area contributed by atoms with Crippen molar-refractivity contribution in [2.45, 2.75) is 13.1 Å². The van der Waals surface area contributed by atoms with E-state index in [4.69, 9.17) is 0 Å². The summed E-state index contributed by atoms with van der Waals surface area (Å²) in [5, 5.41) is 0. The summed E-state index contributed by atoms with van der Waals surface area (Å²) in [4.78, 5) is 19.5. The van der Waals surface area contributed by atoms with Gasteiger partial charge in [-0.15, -0.1) is 0 Å². The van der Waals surface area contributed by atoms with Gasteiger partial charge in [-0.05, 0) is 18.6 Å². The molecule has 2 heterocycles. The van der Waals surface area contributed by atoms with Gasteiger partial charge in [0.15, 0.2) is 6.17 Å². The number of nitrogens with zero attached hydrogens (tertiary/aromatic N) is 2. The van der Waals surface area contributed by atoms with Crippen molar-refractivity contribution < 1.29 is 9.53 Å². The molecule has 2 aliphatic heterocycles. The second kappa shape index (κ2) is 3.21. The van der Waals surface area contributed by atoms with E-state index in [1.54, 1.807) is 12.3 Å². The molecule has 14 heavy (non-hydrogen) atoms. The molecule has 0 saturated heterocycles. The molecule has 0 fully saturated rings. The molecule has 0 aromatic heterocycles. The molecule has 2 rings (SSSR count). The zero-order valence-corrected chi connectivity index (χ0v) is 8.02. The molecule has 0 N–H and O–H groups in total. The second-order valence-electron chi connectivity index (χ2n) is 3.16. The summed E-state index contributed by atoms with van der Waals surface area (Å²) < 4.78 is 4.61. The van der Waals surface area contributed by atoms with Crippen molar-refractivity contribution in [1.82, 2.24) is 0 Å². The first-order valence-electron chi connectivity index (χ1n) is 4.29. The van der Waals surface area contributed by atoms with Crippen LogP contribution in [0.2, 0.25) is 0 Å². The summed E-state index contributed by atoms with van der Waals surface area (Å²) in [6, 6.07) is 0.